The van der Waals surface area contributed by atoms with Crippen molar-refractivity contribution in [3.8, 4) is 17.2 Å². The van der Waals surface area contributed by atoms with Crippen LogP contribution in [0.1, 0.15) is 17.7 Å². The van der Waals surface area contributed by atoms with Crippen LogP contribution < -0.4 is 15.4 Å². The Morgan fingerprint density at radius 1 is 1.03 bits per heavy atom. The summed E-state index contributed by atoms with van der Waals surface area (Å²) in [4.78, 5) is 11.0. The van der Waals surface area contributed by atoms with Crippen LogP contribution in [0.5, 0.6) is 5.75 Å². The van der Waals surface area contributed by atoms with Crippen LogP contribution in [-0.2, 0) is 13.1 Å². The number of benzene rings is 2. The van der Waals surface area contributed by atoms with Crippen LogP contribution in [0.25, 0.3) is 11.5 Å². The normalized spacial score (nSPS) is 11.5. The highest BCUT2D eigenvalue weighted by molar-refractivity contribution is 5.79. The number of nitrogens with zero attached hydrogens (tertiary/aromatic N) is 3. The highest BCUT2D eigenvalue weighted by atomic mass is 16.5. The van der Waals surface area contributed by atoms with Crippen molar-refractivity contribution in [2.45, 2.75) is 19.5 Å². The molecular formula is C24H31N5O2. The lowest BCUT2D eigenvalue weighted by Gasteiger charge is -2.12. The van der Waals surface area contributed by atoms with Crippen molar-refractivity contribution in [3.05, 3.63) is 72.1 Å². The smallest absolute Gasteiger partial charge is 0.226 e. The van der Waals surface area contributed by atoms with E-state index in [4.69, 9.17) is 9.15 Å². The van der Waals surface area contributed by atoms with Crippen LogP contribution in [0.15, 0.2) is 70.3 Å². The average molecular weight is 422 g/mol. The lowest BCUT2D eigenvalue weighted by molar-refractivity contribution is 0.281. The summed E-state index contributed by atoms with van der Waals surface area (Å²) < 4.78 is 11.4. The number of oxazole rings is 1. The molecule has 0 bridgehead atoms. The first-order chi connectivity index (χ1) is 15.1. The number of rotatable bonds is 10. The Morgan fingerprint density at radius 2 is 1.77 bits per heavy atom. The van der Waals surface area contributed by atoms with Gasteiger partial charge in [0, 0.05) is 25.7 Å². The number of nitrogens with one attached hydrogen (secondary N) is 2. The van der Waals surface area contributed by atoms with Gasteiger partial charge in [0.15, 0.2) is 5.96 Å². The zero-order valence-electron chi connectivity index (χ0n) is 18.5. The molecule has 0 aliphatic heterocycles. The van der Waals surface area contributed by atoms with Crippen LogP contribution in [0, 0.1) is 0 Å². The SMILES string of the molecule is CN=C(NCc1ccc(OCCCN(C)C)cc1)NCc1coc(-c2ccccc2)n1. The predicted molar refractivity (Wildman–Crippen MR) is 124 cm³/mol. The van der Waals surface area contributed by atoms with E-state index in [1.54, 1.807) is 13.3 Å². The van der Waals surface area contributed by atoms with Gasteiger partial charge in [-0.1, -0.05) is 30.3 Å². The van der Waals surface area contributed by atoms with Gasteiger partial charge in [0.25, 0.3) is 0 Å². The molecule has 7 heteroatoms. The fourth-order valence-corrected chi connectivity index (χ4v) is 2.96. The molecule has 0 fully saturated rings. The van der Waals surface area contributed by atoms with Crippen molar-refractivity contribution in [2.24, 2.45) is 4.99 Å². The van der Waals surface area contributed by atoms with Gasteiger partial charge in [-0.2, -0.15) is 0 Å². The fraction of sp³-hybridized carbons (Fsp3) is 0.333. The number of hydrogen-bond acceptors (Lipinski definition) is 5. The van der Waals surface area contributed by atoms with Crippen molar-refractivity contribution in [3.63, 3.8) is 0 Å². The maximum Gasteiger partial charge on any atom is 0.226 e. The van der Waals surface area contributed by atoms with E-state index >= 15 is 0 Å². The first-order valence-electron chi connectivity index (χ1n) is 10.4. The molecule has 1 aromatic heterocycles. The van der Waals surface area contributed by atoms with Crippen LogP contribution >= 0.6 is 0 Å². The molecule has 0 atom stereocenters. The fourth-order valence-electron chi connectivity index (χ4n) is 2.96. The maximum atomic E-state index is 5.78. The minimum Gasteiger partial charge on any atom is -0.494 e. The van der Waals surface area contributed by atoms with Crippen LogP contribution in [0.2, 0.25) is 0 Å². The zero-order valence-corrected chi connectivity index (χ0v) is 18.5. The average Bonchev–Trinajstić information content (AvgIpc) is 3.27. The molecule has 0 saturated heterocycles. The molecule has 31 heavy (non-hydrogen) atoms. The Bertz CT molecular complexity index is 936. The Balaban J connectivity index is 1.42. The van der Waals surface area contributed by atoms with Crippen molar-refractivity contribution in [1.82, 2.24) is 20.5 Å². The predicted octanol–water partition coefficient (Wildman–Crippen LogP) is 3.54. The molecule has 0 radical (unpaired) electrons. The second-order valence-electron chi connectivity index (χ2n) is 7.44. The monoisotopic (exact) mass is 421 g/mol. The first-order valence-corrected chi connectivity index (χ1v) is 10.4. The highest BCUT2D eigenvalue weighted by Gasteiger charge is 2.07. The molecular weight excluding hydrogens is 390 g/mol. The van der Waals surface area contributed by atoms with E-state index in [1.165, 1.54) is 0 Å². The molecule has 0 aliphatic rings. The van der Waals surface area contributed by atoms with Gasteiger partial charge >= 0.3 is 0 Å². The Hall–Kier alpha value is -3.32. The summed E-state index contributed by atoms with van der Waals surface area (Å²) in [6.07, 6.45) is 2.68. The van der Waals surface area contributed by atoms with E-state index < -0.39 is 0 Å². The minimum absolute atomic E-state index is 0.524. The number of hydrogen-bond donors (Lipinski definition) is 2. The lowest BCUT2D eigenvalue weighted by atomic mass is 10.2. The van der Waals surface area contributed by atoms with Gasteiger partial charge in [-0.05, 0) is 50.3 Å². The van der Waals surface area contributed by atoms with Crippen LogP contribution in [0.4, 0.5) is 0 Å². The summed E-state index contributed by atoms with van der Waals surface area (Å²) in [5.41, 5.74) is 2.93. The molecule has 1 heterocycles. The summed E-state index contributed by atoms with van der Waals surface area (Å²) in [5, 5.41) is 6.58. The van der Waals surface area contributed by atoms with E-state index in [0.717, 1.165) is 42.1 Å². The number of ether oxygens (including phenoxy) is 1. The number of aliphatic imine (C=N–C) groups is 1. The van der Waals surface area contributed by atoms with E-state index in [0.29, 0.717) is 24.9 Å². The van der Waals surface area contributed by atoms with Crippen molar-refractivity contribution in [2.75, 3.05) is 34.3 Å². The zero-order chi connectivity index (χ0) is 21.9. The summed E-state index contributed by atoms with van der Waals surface area (Å²) in [7, 11) is 5.88. The van der Waals surface area contributed by atoms with E-state index in [-0.39, 0.29) is 0 Å². The van der Waals surface area contributed by atoms with Crippen molar-refractivity contribution >= 4 is 5.96 Å². The molecule has 3 rings (SSSR count). The number of guanidine groups is 1. The summed E-state index contributed by atoms with van der Waals surface area (Å²) >= 11 is 0. The third kappa shape index (κ3) is 7.46. The van der Waals surface area contributed by atoms with E-state index in [9.17, 15) is 0 Å². The van der Waals surface area contributed by atoms with Gasteiger partial charge in [0.2, 0.25) is 5.89 Å². The molecule has 0 unspecified atom stereocenters. The Labute approximate surface area is 184 Å². The Morgan fingerprint density at radius 3 is 2.48 bits per heavy atom. The molecule has 2 aromatic carbocycles. The molecule has 0 aliphatic carbocycles. The highest BCUT2D eigenvalue weighted by Crippen LogP contribution is 2.17. The van der Waals surface area contributed by atoms with Gasteiger partial charge in [-0.3, -0.25) is 4.99 Å². The summed E-state index contributed by atoms with van der Waals surface area (Å²) in [6, 6.07) is 18.0. The molecule has 0 spiro atoms. The Kier molecular flexibility index (Phi) is 8.48. The van der Waals surface area contributed by atoms with Gasteiger partial charge in [-0.15, -0.1) is 0 Å². The second kappa shape index (κ2) is 11.8. The topological polar surface area (TPSA) is 74.9 Å². The number of aromatic nitrogens is 1. The van der Waals surface area contributed by atoms with Gasteiger partial charge < -0.3 is 24.7 Å². The van der Waals surface area contributed by atoms with Crippen LogP contribution in [-0.4, -0.2) is 50.1 Å². The second-order valence-corrected chi connectivity index (χ2v) is 7.44. The van der Waals surface area contributed by atoms with Gasteiger partial charge in [0.1, 0.15) is 12.0 Å². The lowest BCUT2D eigenvalue weighted by Crippen LogP contribution is -2.36. The van der Waals surface area contributed by atoms with E-state index in [2.05, 4.69) is 51.7 Å². The third-order valence-electron chi connectivity index (χ3n) is 4.63. The van der Waals surface area contributed by atoms with Crippen molar-refractivity contribution < 1.29 is 9.15 Å². The maximum absolute atomic E-state index is 5.78. The van der Waals surface area contributed by atoms with Crippen LogP contribution in [0.3, 0.4) is 0 Å². The largest absolute Gasteiger partial charge is 0.494 e. The molecule has 7 nitrogen and oxygen atoms in total. The first kappa shape index (κ1) is 22.4. The summed E-state index contributed by atoms with van der Waals surface area (Å²) in [6.45, 7) is 2.93. The van der Waals surface area contributed by atoms with E-state index in [1.807, 2.05) is 42.5 Å². The molecule has 2 N–H and O–H groups in total. The standard InChI is InChI=1S/C24H31N5O2/c1-25-24(27-17-21-18-31-23(28-21)20-8-5-4-6-9-20)26-16-19-10-12-22(13-11-19)30-15-7-14-29(2)3/h4-6,8-13,18H,7,14-17H2,1-3H3,(H2,25,26,27). The molecule has 0 saturated carbocycles. The summed E-state index contributed by atoms with van der Waals surface area (Å²) in [5.74, 6) is 2.21. The molecule has 0 amide bonds. The minimum atomic E-state index is 0.524. The van der Waals surface area contributed by atoms with Gasteiger partial charge in [-0.25, -0.2) is 4.98 Å². The third-order valence-corrected chi connectivity index (χ3v) is 4.63. The van der Waals surface area contributed by atoms with Crippen molar-refractivity contribution in [1.29, 1.82) is 0 Å². The molecule has 3 aromatic rings. The quantitative estimate of drug-likeness (QED) is 0.296. The van der Waals surface area contributed by atoms with Gasteiger partial charge in [0.05, 0.1) is 18.8 Å². The molecule has 164 valence electrons.